The minimum absolute atomic E-state index is 0.0146. The summed E-state index contributed by atoms with van der Waals surface area (Å²) in [6.45, 7) is 4.15. The van der Waals surface area contributed by atoms with Crippen molar-refractivity contribution in [2.45, 2.75) is 19.6 Å². The number of amides is 1. The van der Waals surface area contributed by atoms with Crippen LogP contribution in [0.2, 0.25) is 5.15 Å². The summed E-state index contributed by atoms with van der Waals surface area (Å²) < 4.78 is 28.8. The van der Waals surface area contributed by atoms with Gasteiger partial charge in [0.2, 0.25) is 18.0 Å². The van der Waals surface area contributed by atoms with E-state index in [1.165, 1.54) is 11.1 Å². The monoisotopic (exact) mass is 407 g/mol. The molecule has 0 bridgehead atoms. The molecule has 0 aliphatic rings. The van der Waals surface area contributed by atoms with E-state index in [0.29, 0.717) is 11.9 Å². The van der Waals surface area contributed by atoms with Crippen molar-refractivity contribution in [2.75, 3.05) is 31.7 Å². The molecule has 2 aromatic rings. The summed E-state index contributed by atoms with van der Waals surface area (Å²) in [6.07, 6.45) is 1.78. The van der Waals surface area contributed by atoms with Crippen molar-refractivity contribution < 1.29 is 28.4 Å². The Morgan fingerprint density at radius 3 is 2.62 bits per heavy atom. The lowest BCUT2D eigenvalue weighted by molar-refractivity contribution is -0.320. The van der Waals surface area contributed by atoms with E-state index in [1.807, 2.05) is 0 Å². The number of aromatic nitrogens is 4. The van der Waals surface area contributed by atoms with E-state index in [0.717, 1.165) is 0 Å². The van der Waals surface area contributed by atoms with Crippen LogP contribution in [0.3, 0.4) is 0 Å². The average Bonchev–Trinajstić information content (AvgIpc) is 3.03. The maximum atomic E-state index is 11.5. The minimum atomic E-state index is -1.56. The van der Waals surface area contributed by atoms with E-state index in [4.69, 9.17) is 30.6 Å². The number of carbonyl (C=O) groups is 1. The summed E-state index contributed by atoms with van der Waals surface area (Å²) in [7, 11) is -1.49. The molecule has 144 valence electrons. The number of nitrogens with zero attached hydrogens (tertiary/aromatic N) is 4. The predicted octanol–water partition coefficient (Wildman–Crippen LogP) is 0.934. The fourth-order valence-corrected chi connectivity index (χ4v) is 2.88. The lowest BCUT2D eigenvalue weighted by Crippen LogP contribution is -2.35. The molecular weight excluding hydrogens is 389 g/mol. The number of ether oxygens (including phenoxy) is 3. The lowest BCUT2D eigenvalue weighted by atomic mass is 10.5. The number of hydrogen-bond acceptors (Lipinski definition) is 9. The van der Waals surface area contributed by atoms with Crippen molar-refractivity contribution >= 4 is 43.6 Å². The third kappa shape index (κ3) is 4.89. The molecule has 13 heteroatoms. The van der Waals surface area contributed by atoms with Gasteiger partial charge in [-0.2, -0.15) is 14.7 Å². The van der Waals surface area contributed by atoms with Gasteiger partial charge in [0, 0.05) is 0 Å². The van der Waals surface area contributed by atoms with Gasteiger partial charge in [-0.15, -0.1) is 0 Å². The van der Waals surface area contributed by atoms with Crippen LogP contribution in [-0.2, 0) is 23.6 Å². The van der Waals surface area contributed by atoms with Crippen LogP contribution in [0.4, 0.5) is 5.95 Å². The molecule has 26 heavy (non-hydrogen) atoms. The Morgan fingerprint density at radius 2 is 2.00 bits per heavy atom. The average molecular weight is 408 g/mol. The molecule has 0 aromatic carbocycles. The normalized spacial score (nSPS) is 12.1. The van der Waals surface area contributed by atoms with E-state index in [-0.39, 0.29) is 43.2 Å². The highest BCUT2D eigenvalue weighted by Crippen LogP contribution is 2.28. The summed E-state index contributed by atoms with van der Waals surface area (Å²) in [4.78, 5) is 28.1. The van der Waals surface area contributed by atoms with Crippen molar-refractivity contribution in [1.29, 1.82) is 0 Å². The first-order valence-electron chi connectivity index (χ1n) is 7.71. The van der Waals surface area contributed by atoms with Crippen molar-refractivity contribution in [3.63, 3.8) is 0 Å². The SMILES string of the molecule is CCOC(OCC)(OCCOn1cnc2c(Cl)nc(NC=O)nc21)[PH2]=O. The fraction of sp³-hybridized carbons (Fsp3) is 0.538. The molecular formula is C13H19ClN5O6P. The van der Waals surface area contributed by atoms with Gasteiger partial charge in [0.25, 0.3) is 0 Å². The van der Waals surface area contributed by atoms with Crippen LogP contribution in [-0.4, -0.2) is 58.2 Å². The highest BCUT2D eigenvalue weighted by atomic mass is 35.5. The molecule has 1 N–H and O–H groups in total. The number of rotatable bonds is 12. The Bertz CT molecular complexity index is 754. The molecule has 0 saturated heterocycles. The van der Waals surface area contributed by atoms with Gasteiger partial charge in [0.15, 0.2) is 13.6 Å². The molecule has 2 rings (SSSR count). The van der Waals surface area contributed by atoms with E-state index >= 15 is 0 Å². The van der Waals surface area contributed by atoms with Crippen LogP contribution in [0.5, 0.6) is 0 Å². The Morgan fingerprint density at radius 1 is 1.27 bits per heavy atom. The van der Waals surface area contributed by atoms with Crippen LogP contribution < -0.4 is 10.2 Å². The molecule has 11 nitrogen and oxygen atoms in total. The van der Waals surface area contributed by atoms with Gasteiger partial charge in [-0.25, -0.2) is 4.98 Å². The van der Waals surface area contributed by atoms with Gasteiger partial charge in [-0.05, 0) is 13.8 Å². The number of halogens is 1. The van der Waals surface area contributed by atoms with E-state index in [1.54, 1.807) is 13.8 Å². The third-order valence-corrected chi connectivity index (χ3v) is 4.02. The Balaban J connectivity index is 2.03. The number of hydrogen-bond donors (Lipinski definition) is 1. The molecule has 0 radical (unpaired) electrons. The van der Waals surface area contributed by atoms with Gasteiger partial charge in [-0.1, -0.05) is 11.6 Å². The van der Waals surface area contributed by atoms with Crippen LogP contribution in [0.25, 0.3) is 11.2 Å². The van der Waals surface area contributed by atoms with Gasteiger partial charge in [0.1, 0.15) is 18.5 Å². The predicted molar refractivity (Wildman–Crippen MR) is 93.8 cm³/mol. The zero-order valence-electron chi connectivity index (χ0n) is 14.2. The molecule has 2 heterocycles. The Labute approximate surface area is 155 Å². The van der Waals surface area contributed by atoms with Gasteiger partial charge >= 0.3 is 5.71 Å². The highest BCUT2D eigenvalue weighted by Gasteiger charge is 2.31. The number of anilines is 1. The number of carbonyl (C=O) groups excluding carboxylic acids is 1. The third-order valence-electron chi connectivity index (χ3n) is 2.96. The number of nitrogens with one attached hydrogen (secondary N) is 1. The standard InChI is InChI=1S/C13H19ClN5O6P/c1-3-22-13(26-21,23-4-2)24-5-6-25-19-7-15-9-10(14)17-12(16-8-20)18-11(9)19/h7-8H,3-6,26H2,1-2H3,(H,16,17,18,20). The van der Waals surface area contributed by atoms with Crippen LogP contribution >= 0.6 is 20.1 Å². The maximum absolute atomic E-state index is 11.5. The largest absolute Gasteiger partial charge is 0.408 e. The summed E-state index contributed by atoms with van der Waals surface area (Å²) in [6, 6.07) is 0. The van der Waals surface area contributed by atoms with Crippen LogP contribution in [0.1, 0.15) is 13.8 Å². The quantitative estimate of drug-likeness (QED) is 0.180. The molecule has 1 atom stereocenters. The first-order chi connectivity index (χ1) is 12.6. The molecule has 0 saturated carbocycles. The van der Waals surface area contributed by atoms with Gasteiger partial charge < -0.3 is 23.6 Å². The molecule has 1 unspecified atom stereocenters. The molecule has 0 aliphatic heterocycles. The zero-order valence-corrected chi connectivity index (χ0v) is 16.1. The van der Waals surface area contributed by atoms with Crippen LogP contribution in [0.15, 0.2) is 6.33 Å². The maximum Gasteiger partial charge on any atom is 0.332 e. The smallest absolute Gasteiger partial charge is 0.332 e. The summed E-state index contributed by atoms with van der Waals surface area (Å²) in [5.41, 5.74) is -0.980. The topological polar surface area (TPSA) is 127 Å². The Hall–Kier alpha value is -1.78. The lowest BCUT2D eigenvalue weighted by Gasteiger charge is -2.27. The van der Waals surface area contributed by atoms with Crippen molar-refractivity contribution in [2.24, 2.45) is 0 Å². The summed E-state index contributed by atoms with van der Waals surface area (Å²) >= 11 is 5.99. The second-order valence-corrected chi connectivity index (χ2v) is 5.91. The summed E-state index contributed by atoms with van der Waals surface area (Å²) in [5.74, 6) is 0.0146. The fourth-order valence-electron chi connectivity index (χ4n) is 2.01. The molecule has 1 amide bonds. The number of fused-ring (bicyclic) bond motifs is 1. The Kier molecular flexibility index (Phi) is 7.73. The van der Waals surface area contributed by atoms with Gasteiger partial charge in [0.05, 0.1) is 19.8 Å². The highest BCUT2D eigenvalue weighted by molar-refractivity contribution is 7.25. The van der Waals surface area contributed by atoms with E-state index in [2.05, 4.69) is 20.3 Å². The minimum Gasteiger partial charge on any atom is -0.408 e. The zero-order chi connectivity index (χ0) is 19.0. The second kappa shape index (κ2) is 9.79. The molecule has 0 spiro atoms. The van der Waals surface area contributed by atoms with Crippen molar-refractivity contribution in [3.05, 3.63) is 11.5 Å². The molecule has 0 fully saturated rings. The first kappa shape index (κ1) is 20.5. The second-order valence-electron chi connectivity index (χ2n) is 4.61. The van der Waals surface area contributed by atoms with Gasteiger partial charge in [-0.3, -0.25) is 10.1 Å². The van der Waals surface area contributed by atoms with Crippen molar-refractivity contribution in [3.8, 4) is 0 Å². The molecule has 2 aromatic heterocycles. The van der Waals surface area contributed by atoms with Crippen molar-refractivity contribution in [1.82, 2.24) is 19.7 Å². The first-order valence-corrected chi connectivity index (χ1v) is 9.14. The summed E-state index contributed by atoms with van der Waals surface area (Å²) in [5, 5.41) is 2.38. The number of imidazole rings is 1. The van der Waals surface area contributed by atoms with E-state index < -0.39 is 14.2 Å². The molecule has 0 aliphatic carbocycles. The van der Waals surface area contributed by atoms with E-state index in [9.17, 15) is 9.36 Å². The van der Waals surface area contributed by atoms with Crippen LogP contribution in [0, 0.1) is 0 Å².